The second-order valence-corrected chi connectivity index (χ2v) is 7.50. The van der Waals surface area contributed by atoms with Gasteiger partial charge in [-0.2, -0.15) is 13.2 Å². The summed E-state index contributed by atoms with van der Waals surface area (Å²) in [5, 5.41) is 9.91. The molecule has 1 fully saturated rings. The highest BCUT2D eigenvalue weighted by atomic mass is 19.4. The maximum atomic E-state index is 12.9. The van der Waals surface area contributed by atoms with E-state index in [9.17, 15) is 18.0 Å². The topological polar surface area (TPSA) is 56.9 Å². The fraction of sp³-hybridized carbons (Fsp3) is 0.318. The van der Waals surface area contributed by atoms with Crippen LogP contribution in [0.1, 0.15) is 27.2 Å². The minimum Gasteiger partial charge on any atom is -0.475 e. The molecule has 0 unspecified atom stereocenters. The molecule has 2 aromatic carbocycles. The third kappa shape index (κ3) is 4.00. The Morgan fingerprint density at radius 1 is 1.10 bits per heavy atom. The summed E-state index contributed by atoms with van der Waals surface area (Å²) < 4.78 is 44.1. The molecule has 0 atom stereocenters. The van der Waals surface area contributed by atoms with Gasteiger partial charge in [-0.25, -0.2) is 4.79 Å². The summed E-state index contributed by atoms with van der Waals surface area (Å²) in [6, 6.07) is 10.7. The second kappa shape index (κ2) is 7.68. The van der Waals surface area contributed by atoms with E-state index in [1.54, 1.807) is 18.2 Å². The van der Waals surface area contributed by atoms with Crippen molar-refractivity contribution in [2.24, 2.45) is 0 Å². The highest BCUT2D eigenvalue weighted by Gasteiger charge is 2.30. The molecule has 0 bridgehead atoms. The molecular weight excluding hydrogens is 397 g/mol. The highest BCUT2D eigenvalue weighted by molar-refractivity contribution is 5.94. The van der Waals surface area contributed by atoms with E-state index in [1.165, 1.54) is 12.1 Å². The molecule has 3 aromatic rings. The number of carboxylic acids is 1. The summed E-state index contributed by atoms with van der Waals surface area (Å²) in [6.45, 7) is 5.32. The molecule has 1 N–H and O–H groups in total. The third-order valence-electron chi connectivity index (χ3n) is 5.53. The molecule has 1 aliphatic rings. The molecule has 0 spiro atoms. The van der Waals surface area contributed by atoms with Crippen molar-refractivity contribution in [1.82, 2.24) is 4.90 Å². The summed E-state index contributed by atoms with van der Waals surface area (Å²) in [5.41, 5.74) is 2.53. The number of rotatable bonds is 4. The predicted octanol–water partition coefficient (Wildman–Crippen LogP) is 4.78. The van der Waals surface area contributed by atoms with E-state index >= 15 is 0 Å². The Labute approximate surface area is 171 Å². The van der Waals surface area contributed by atoms with Gasteiger partial charge < -0.3 is 14.4 Å². The number of fused-ring (bicyclic) bond motifs is 1. The summed E-state index contributed by atoms with van der Waals surface area (Å²) in [4.78, 5) is 15.5. The predicted molar refractivity (Wildman–Crippen MR) is 107 cm³/mol. The fourth-order valence-electron chi connectivity index (χ4n) is 3.94. The van der Waals surface area contributed by atoms with Crippen molar-refractivity contribution >= 4 is 22.6 Å². The Morgan fingerprint density at radius 3 is 2.50 bits per heavy atom. The van der Waals surface area contributed by atoms with Crippen LogP contribution in [0, 0.1) is 6.92 Å². The molecule has 1 saturated heterocycles. The first-order chi connectivity index (χ1) is 14.2. The van der Waals surface area contributed by atoms with Crippen molar-refractivity contribution < 1.29 is 27.5 Å². The van der Waals surface area contributed by atoms with Gasteiger partial charge in [0.15, 0.2) is 0 Å². The molecule has 4 rings (SSSR count). The summed E-state index contributed by atoms with van der Waals surface area (Å²) in [6.07, 6.45) is -4.33. The molecule has 0 saturated carbocycles. The molecule has 5 nitrogen and oxygen atoms in total. The SMILES string of the molecule is Cc1c(N2CCN(Cc3cccc(C(F)(F)F)c3)CC2)ccc2oc(C(=O)O)cc12. The maximum Gasteiger partial charge on any atom is 0.416 e. The Hall–Kier alpha value is -3.00. The summed E-state index contributed by atoms with van der Waals surface area (Å²) >= 11 is 0. The molecule has 1 aromatic heterocycles. The van der Waals surface area contributed by atoms with E-state index in [4.69, 9.17) is 9.52 Å². The van der Waals surface area contributed by atoms with Crippen molar-refractivity contribution in [1.29, 1.82) is 0 Å². The van der Waals surface area contributed by atoms with Crippen LogP contribution in [0.25, 0.3) is 11.0 Å². The van der Waals surface area contributed by atoms with Crippen LogP contribution in [0.4, 0.5) is 18.9 Å². The number of hydrogen-bond donors (Lipinski definition) is 1. The number of piperazine rings is 1. The van der Waals surface area contributed by atoms with Gasteiger partial charge in [0, 0.05) is 43.8 Å². The zero-order chi connectivity index (χ0) is 21.5. The van der Waals surface area contributed by atoms with Crippen molar-refractivity contribution in [3.8, 4) is 0 Å². The smallest absolute Gasteiger partial charge is 0.416 e. The largest absolute Gasteiger partial charge is 0.475 e. The number of furan rings is 1. The van der Waals surface area contributed by atoms with Gasteiger partial charge in [0.25, 0.3) is 0 Å². The summed E-state index contributed by atoms with van der Waals surface area (Å²) in [7, 11) is 0. The lowest BCUT2D eigenvalue weighted by atomic mass is 10.1. The first kappa shape index (κ1) is 20.3. The van der Waals surface area contributed by atoms with Crippen LogP contribution in [0.3, 0.4) is 0 Å². The molecule has 1 aliphatic heterocycles. The normalized spacial score (nSPS) is 15.7. The number of halogens is 3. The first-order valence-corrected chi connectivity index (χ1v) is 9.62. The lowest BCUT2D eigenvalue weighted by Crippen LogP contribution is -2.46. The molecule has 0 aliphatic carbocycles. The molecular formula is C22H21F3N2O3. The monoisotopic (exact) mass is 418 g/mol. The van der Waals surface area contributed by atoms with Crippen molar-refractivity contribution in [2.75, 3.05) is 31.1 Å². The molecule has 2 heterocycles. The Morgan fingerprint density at radius 2 is 1.83 bits per heavy atom. The molecule has 8 heteroatoms. The van der Waals surface area contributed by atoms with Crippen LogP contribution in [-0.2, 0) is 12.7 Å². The number of carbonyl (C=O) groups is 1. The number of anilines is 1. The van der Waals surface area contributed by atoms with Crippen molar-refractivity contribution in [2.45, 2.75) is 19.6 Å². The summed E-state index contributed by atoms with van der Waals surface area (Å²) in [5.74, 6) is -1.19. The number of nitrogens with zero attached hydrogens (tertiary/aromatic N) is 2. The zero-order valence-corrected chi connectivity index (χ0v) is 16.4. The average Bonchev–Trinajstić information content (AvgIpc) is 3.14. The van der Waals surface area contributed by atoms with Gasteiger partial charge in [0.2, 0.25) is 5.76 Å². The van der Waals surface area contributed by atoms with Gasteiger partial charge in [-0.15, -0.1) is 0 Å². The Bertz CT molecular complexity index is 1080. The van der Waals surface area contributed by atoms with E-state index in [1.807, 2.05) is 13.0 Å². The third-order valence-corrected chi connectivity index (χ3v) is 5.53. The van der Waals surface area contributed by atoms with Gasteiger partial charge >= 0.3 is 12.1 Å². The number of aromatic carboxylic acids is 1. The van der Waals surface area contributed by atoms with Gasteiger partial charge in [-0.05, 0) is 42.3 Å². The van der Waals surface area contributed by atoms with Gasteiger partial charge in [0.1, 0.15) is 5.58 Å². The maximum absolute atomic E-state index is 12.9. The van der Waals surface area contributed by atoms with Gasteiger partial charge in [-0.3, -0.25) is 4.90 Å². The Balaban J connectivity index is 1.45. The fourth-order valence-corrected chi connectivity index (χ4v) is 3.94. The van der Waals surface area contributed by atoms with Crippen LogP contribution in [-0.4, -0.2) is 42.2 Å². The number of carboxylic acid groups (broad SMARTS) is 1. The van der Waals surface area contributed by atoms with E-state index in [2.05, 4.69) is 9.80 Å². The minimum absolute atomic E-state index is 0.0869. The lowest BCUT2D eigenvalue weighted by molar-refractivity contribution is -0.137. The van der Waals surface area contributed by atoms with Crippen LogP contribution in [0.15, 0.2) is 46.9 Å². The average molecular weight is 418 g/mol. The standard InChI is InChI=1S/C22H21F3N2O3/c1-14-17-12-20(21(28)29)30-19(17)6-5-18(14)27-9-7-26(8-10-27)13-15-3-2-4-16(11-15)22(23,24)25/h2-6,11-12H,7-10,13H2,1H3,(H,28,29). The lowest BCUT2D eigenvalue weighted by Gasteiger charge is -2.37. The number of aryl methyl sites for hydroxylation is 1. The number of benzene rings is 2. The highest BCUT2D eigenvalue weighted by Crippen LogP contribution is 2.32. The van der Waals surface area contributed by atoms with Crippen LogP contribution in [0.5, 0.6) is 0 Å². The van der Waals surface area contributed by atoms with Crippen LogP contribution >= 0.6 is 0 Å². The van der Waals surface area contributed by atoms with E-state index in [-0.39, 0.29) is 5.76 Å². The number of alkyl halides is 3. The molecule has 30 heavy (non-hydrogen) atoms. The van der Waals surface area contributed by atoms with Gasteiger partial charge in [0.05, 0.1) is 5.56 Å². The zero-order valence-electron chi connectivity index (χ0n) is 16.4. The van der Waals surface area contributed by atoms with Crippen molar-refractivity contribution in [3.63, 3.8) is 0 Å². The minimum atomic E-state index is -4.33. The van der Waals surface area contributed by atoms with E-state index in [0.29, 0.717) is 17.7 Å². The number of hydrogen-bond acceptors (Lipinski definition) is 4. The van der Waals surface area contributed by atoms with Crippen LogP contribution in [0.2, 0.25) is 0 Å². The second-order valence-electron chi connectivity index (χ2n) is 7.50. The van der Waals surface area contributed by atoms with E-state index < -0.39 is 17.7 Å². The molecule has 0 amide bonds. The first-order valence-electron chi connectivity index (χ1n) is 9.62. The Kier molecular flexibility index (Phi) is 5.19. The molecule has 158 valence electrons. The van der Waals surface area contributed by atoms with Crippen molar-refractivity contribution in [3.05, 3.63) is 64.9 Å². The quantitative estimate of drug-likeness (QED) is 0.661. The van der Waals surface area contributed by atoms with Crippen LogP contribution < -0.4 is 4.90 Å². The van der Waals surface area contributed by atoms with E-state index in [0.717, 1.165) is 48.9 Å². The molecule has 0 radical (unpaired) electrons. The van der Waals surface area contributed by atoms with Gasteiger partial charge in [-0.1, -0.05) is 18.2 Å².